The summed E-state index contributed by atoms with van der Waals surface area (Å²) < 4.78 is 5.07. The molecule has 1 rings (SSSR count). The van der Waals surface area contributed by atoms with Crippen LogP contribution in [0.15, 0.2) is 11.6 Å². The van der Waals surface area contributed by atoms with Crippen molar-refractivity contribution in [1.29, 1.82) is 0 Å². The van der Waals surface area contributed by atoms with Gasteiger partial charge in [-0.1, -0.05) is 18.9 Å². The maximum absolute atomic E-state index is 11.9. The van der Waals surface area contributed by atoms with E-state index in [4.69, 9.17) is 4.74 Å². The van der Waals surface area contributed by atoms with Gasteiger partial charge >= 0.3 is 5.97 Å². The Morgan fingerprint density at radius 3 is 2.82 bits per heavy atom. The molecular formula is C14H22O3. The summed E-state index contributed by atoms with van der Waals surface area (Å²) in [4.78, 5) is 23.6. The molecule has 0 aromatic carbocycles. The first-order valence-electron chi connectivity index (χ1n) is 6.54. The van der Waals surface area contributed by atoms with Crippen LogP contribution in [0.2, 0.25) is 0 Å². The molecule has 0 bridgehead atoms. The zero-order valence-corrected chi connectivity index (χ0v) is 10.8. The number of hydrogen-bond acceptors (Lipinski definition) is 3. The topological polar surface area (TPSA) is 43.4 Å². The van der Waals surface area contributed by atoms with E-state index in [1.807, 2.05) is 19.9 Å². The Kier molecular flexibility index (Phi) is 5.95. The van der Waals surface area contributed by atoms with Crippen LogP contribution in [-0.4, -0.2) is 18.4 Å². The first-order valence-corrected chi connectivity index (χ1v) is 6.54. The van der Waals surface area contributed by atoms with Gasteiger partial charge in [0.1, 0.15) is 0 Å². The van der Waals surface area contributed by atoms with Gasteiger partial charge in [-0.05, 0) is 38.7 Å². The fraction of sp³-hybridized carbons (Fsp3) is 0.714. The second-order valence-corrected chi connectivity index (χ2v) is 4.49. The predicted molar refractivity (Wildman–Crippen MR) is 66.6 cm³/mol. The van der Waals surface area contributed by atoms with Crippen LogP contribution in [0.1, 0.15) is 52.4 Å². The van der Waals surface area contributed by atoms with E-state index in [-0.39, 0.29) is 17.7 Å². The van der Waals surface area contributed by atoms with Crippen molar-refractivity contribution in [2.24, 2.45) is 5.92 Å². The molecule has 0 radical (unpaired) electrons. The SMILES string of the molecule is C/C=C1\CC(C(=O)OCC)CCCCCC1=O. The summed E-state index contributed by atoms with van der Waals surface area (Å²) in [5, 5.41) is 0. The van der Waals surface area contributed by atoms with E-state index in [2.05, 4.69) is 0 Å². The van der Waals surface area contributed by atoms with Gasteiger partial charge in [-0.15, -0.1) is 0 Å². The van der Waals surface area contributed by atoms with Crippen LogP contribution < -0.4 is 0 Å². The zero-order valence-electron chi connectivity index (χ0n) is 10.8. The average Bonchev–Trinajstić information content (AvgIpc) is 2.40. The molecule has 1 fully saturated rings. The molecule has 1 unspecified atom stereocenters. The Balaban J connectivity index is 2.74. The number of ether oxygens (including phenoxy) is 1. The standard InChI is InChI=1S/C14H22O3/c1-3-11-10-12(14(16)17-4-2)8-6-5-7-9-13(11)15/h3,12H,4-10H2,1-2H3/b11-3+. The van der Waals surface area contributed by atoms with Gasteiger partial charge in [0, 0.05) is 6.42 Å². The Labute approximate surface area is 103 Å². The van der Waals surface area contributed by atoms with Crippen LogP contribution in [0.25, 0.3) is 0 Å². The normalized spacial score (nSPS) is 24.9. The predicted octanol–water partition coefficient (Wildman–Crippen LogP) is 3.04. The van der Waals surface area contributed by atoms with E-state index in [1.165, 1.54) is 0 Å². The van der Waals surface area contributed by atoms with Gasteiger partial charge in [0.2, 0.25) is 0 Å². The summed E-state index contributed by atoms with van der Waals surface area (Å²) in [6, 6.07) is 0. The van der Waals surface area contributed by atoms with Crippen LogP contribution in [0.3, 0.4) is 0 Å². The molecule has 0 spiro atoms. The van der Waals surface area contributed by atoms with E-state index in [0.717, 1.165) is 31.3 Å². The smallest absolute Gasteiger partial charge is 0.309 e. The van der Waals surface area contributed by atoms with Crippen LogP contribution in [0, 0.1) is 5.92 Å². The van der Waals surface area contributed by atoms with Gasteiger partial charge < -0.3 is 4.74 Å². The van der Waals surface area contributed by atoms with Crippen LogP contribution in [0.4, 0.5) is 0 Å². The lowest BCUT2D eigenvalue weighted by Crippen LogP contribution is -2.19. The molecule has 1 aliphatic rings. The summed E-state index contributed by atoms with van der Waals surface area (Å²) in [6.07, 6.45) is 6.82. The molecular weight excluding hydrogens is 216 g/mol. The van der Waals surface area contributed by atoms with Crippen molar-refractivity contribution < 1.29 is 14.3 Å². The molecule has 0 aromatic rings. The molecule has 0 N–H and O–H groups in total. The fourth-order valence-electron chi connectivity index (χ4n) is 2.24. The van der Waals surface area contributed by atoms with Gasteiger partial charge in [0.15, 0.2) is 5.78 Å². The highest BCUT2D eigenvalue weighted by Crippen LogP contribution is 2.24. The van der Waals surface area contributed by atoms with E-state index in [0.29, 0.717) is 19.4 Å². The Morgan fingerprint density at radius 1 is 1.41 bits per heavy atom. The average molecular weight is 238 g/mol. The minimum Gasteiger partial charge on any atom is -0.466 e. The van der Waals surface area contributed by atoms with Crippen LogP contribution in [-0.2, 0) is 14.3 Å². The van der Waals surface area contributed by atoms with Crippen LogP contribution >= 0.6 is 0 Å². The summed E-state index contributed by atoms with van der Waals surface area (Å²) in [5.74, 6) is -0.0894. The number of Topliss-reactive ketones (excluding diaryl/α,β-unsaturated/α-hetero) is 1. The molecule has 0 heterocycles. The van der Waals surface area contributed by atoms with Crippen molar-refractivity contribution in [3.05, 3.63) is 11.6 Å². The number of esters is 1. The van der Waals surface area contributed by atoms with E-state index < -0.39 is 0 Å². The lowest BCUT2D eigenvalue weighted by atomic mass is 9.93. The molecule has 3 heteroatoms. The van der Waals surface area contributed by atoms with Gasteiger partial charge in [0.05, 0.1) is 12.5 Å². The lowest BCUT2D eigenvalue weighted by Gasteiger charge is -2.15. The quantitative estimate of drug-likeness (QED) is 0.548. The van der Waals surface area contributed by atoms with Gasteiger partial charge in [0.25, 0.3) is 0 Å². The number of ketones is 1. The number of carbonyl (C=O) groups excluding carboxylic acids is 2. The number of hydrogen-bond donors (Lipinski definition) is 0. The Hall–Kier alpha value is -1.12. The van der Waals surface area contributed by atoms with Crippen molar-refractivity contribution in [3.63, 3.8) is 0 Å². The Bertz CT molecular complexity index is 305. The third kappa shape index (κ3) is 4.33. The fourth-order valence-corrected chi connectivity index (χ4v) is 2.24. The van der Waals surface area contributed by atoms with Crippen LogP contribution in [0.5, 0.6) is 0 Å². The zero-order chi connectivity index (χ0) is 12.7. The molecule has 3 nitrogen and oxygen atoms in total. The van der Waals surface area contributed by atoms with Gasteiger partial charge in [-0.3, -0.25) is 9.59 Å². The third-order valence-corrected chi connectivity index (χ3v) is 3.25. The van der Waals surface area contributed by atoms with E-state index >= 15 is 0 Å². The molecule has 0 aliphatic heterocycles. The highest BCUT2D eigenvalue weighted by molar-refractivity contribution is 5.95. The molecule has 0 aromatic heterocycles. The molecule has 1 atom stereocenters. The van der Waals surface area contributed by atoms with Gasteiger partial charge in [-0.2, -0.15) is 0 Å². The minimum absolute atomic E-state index is 0.136. The van der Waals surface area contributed by atoms with Crippen molar-refractivity contribution in [3.8, 4) is 0 Å². The number of rotatable bonds is 2. The maximum Gasteiger partial charge on any atom is 0.309 e. The minimum atomic E-state index is -0.151. The third-order valence-electron chi connectivity index (χ3n) is 3.25. The van der Waals surface area contributed by atoms with E-state index in [1.54, 1.807) is 0 Å². The molecule has 0 amide bonds. The van der Waals surface area contributed by atoms with Gasteiger partial charge in [-0.25, -0.2) is 0 Å². The monoisotopic (exact) mass is 238 g/mol. The molecule has 1 saturated carbocycles. The maximum atomic E-state index is 11.9. The van der Waals surface area contributed by atoms with Crippen molar-refractivity contribution in [2.45, 2.75) is 52.4 Å². The molecule has 17 heavy (non-hydrogen) atoms. The van der Waals surface area contributed by atoms with Crippen molar-refractivity contribution in [2.75, 3.05) is 6.61 Å². The lowest BCUT2D eigenvalue weighted by molar-refractivity contribution is -0.148. The first-order chi connectivity index (χ1) is 8.19. The highest BCUT2D eigenvalue weighted by Gasteiger charge is 2.24. The second kappa shape index (κ2) is 7.25. The molecule has 96 valence electrons. The summed E-state index contributed by atoms with van der Waals surface area (Å²) in [7, 11) is 0. The summed E-state index contributed by atoms with van der Waals surface area (Å²) in [5.41, 5.74) is 0.796. The Morgan fingerprint density at radius 2 is 2.18 bits per heavy atom. The first kappa shape index (κ1) is 13.9. The molecule has 1 aliphatic carbocycles. The van der Waals surface area contributed by atoms with E-state index in [9.17, 15) is 9.59 Å². The number of carbonyl (C=O) groups is 2. The van der Waals surface area contributed by atoms with Crippen molar-refractivity contribution in [1.82, 2.24) is 0 Å². The second-order valence-electron chi connectivity index (χ2n) is 4.49. The summed E-state index contributed by atoms with van der Waals surface area (Å²) >= 11 is 0. The largest absolute Gasteiger partial charge is 0.466 e. The summed E-state index contributed by atoms with van der Waals surface area (Å²) in [6.45, 7) is 4.09. The van der Waals surface area contributed by atoms with Crippen molar-refractivity contribution >= 4 is 11.8 Å². The molecule has 0 saturated heterocycles. The number of allylic oxidation sites excluding steroid dienone is 2. The highest BCUT2D eigenvalue weighted by atomic mass is 16.5.